The van der Waals surface area contributed by atoms with Crippen molar-refractivity contribution in [3.05, 3.63) is 39.7 Å². The van der Waals surface area contributed by atoms with Crippen LogP contribution in [0.25, 0.3) is 11.0 Å². The van der Waals surface area contributed by atoms with E-state index in [0.29, 0.717) is 11.3 Å². The van der Waals surface area contributed by atoms with Crippen LogP contribution in [0.3, 0.4) is 0 Å². The highest BCUT2D eigenvalue weighted by Gasteiger charge is 2.13. The van der Waals surface area contributed by atoms with Gasteiger partial charge in [0.2, 0.25) is 0 Å². The number of hydrogen-bond acceptors (Lipinski definition) is 4. The number of fused-ring (bicyclic) bond motifs is 1. The molecule has 0 aliphatic carbocycles. The third-order valence-electron chi connectivity index (χ3n) is 2.52. The third-order valence-corrected chi connectivity index (χ3v) is 2.52. The fourth-order valence-electron chi connectivity index (χ4n) is 1.73. The molecule has 0 aliphatic rings. The summed E-state index contributed by atoms with van der Waals surface area (Å²) in [6, 6.07) is 5.08. The molecule has 2 rings (SSSR count). The van der Waals surface area contributed by atoms with Gasteiger partial charge in [-0.25, -0.2) is 4.79 Å². The highest BCUT2D eigenvalue weighted by Crippen LogP contribution is 2.30. The van der Waals surface area contributed by atoms with Gasteiger partial charge in [-0.15, -0.1) is 0 Å². The minimum Gasteiger partial charge on any atom is -0.422 e. The summed E-state index contributed by atoms with van der Waals surface area (Å²) in [5.41, 5.74) is 1.42. The van der Waals surface area contributed by atoms with Crippen molar-refractivity contribution in [3.8, 4) is 5.75 Å². The zero-order valence-corrected chi connectivity index (χ0v) is 9.87. The number of rotatable bonds is 1. The molecule has 0 spiro atoms. The molecule has 1 aromatic carbocycles. The Balaban J connectivity index is 2.84. The first-order valence-electron chi connectivity index (χ1n) is 5.21. The van der Waals surface area contributed by atoms with Crippen molar-refractivity contribution in [2.45, 2.75) is 20.8 Å². The number of ether oxygens (including phenoxy) is 1. The van der Waals surface area contributed by atoms with E-state index >= 15 is 0 Å². The second kappa shape index (κ2) is 4.05. The highest BCUT2D eigenvalue weighted by atomic mass is 16.5. The summed E-state index contributed by atoms with van der Waals surface area (Å²) >= 11 is 0. The highest BCUT2D eigenvalue weighted by molar-refractivity contribution is 5.88. The van der Waals surface area contributed by atoms with Crippen LogP contribution >= 0.6 is 0 Å². The van der Waals surface area contributed by atoms with E-state index in [0.717, 1.165) is 16.5 Å². The van der Waals surface area contributed by atoms with Gasteiger partial charge in [0.05, 0.1) is 0 Å². The molecule has 0 amide bonds. The summed E-state index contributed by atoms with van der Waals surface area (Å²) in [4.78, 5) is 22.4. The number of carbonyl (C=O) groups excluding carboxylic acids is 1. The van der Waals surface area contributed by atoms with Crippen molar-refractivity contribution >= 4 is 16.9 Å². The zero-order chi connectivity index (χ0) is 12.6. The first-order valence-corrected chi connectivity index (χ1v) is 5.21. The lowest BCUT2D eigenvalue weighted by molar-refractivity contribution is -0.131. The maximum Gasteiger partial charge on any atom is 0.336 e. The SMILES string of the molecule is CC(=O)Oc1c(C)ccc2c(C)cc(=O)oc12. The minimum atomic E-state index is -0.450. The molecule has 0 N–H and O–H groups in total. The van der Waals surface area contributed by atoms with Crippen LogP contribution in [0.1, 0.15) is 18.1 Å². The maximum absolute atomic E-state index is 11.3. The van der Waals surface area contributed by atoms with Crippen molar-refractivity contribution in [1.82, 2.24) is 0 Å². The van der Waals surface area contributed by atoms with Crippen LogP contribution in [0.15, 0.2) is 27.4 Å². The van der Waals surface area contributed by atoms with Gasteiger partial charge in [0.25, 0.3) is 0 Å². The molecular formula is C13H12O4. The summed E-state index contributed by atoms with van der Waals surface area (Å²) in [6.45, 7) is 4.92. The summed E-state index contributed by atoms with van der Waals surface area (Å²) in [5.74, 6) is -0.124. The van der Waals surface area contributed by atoms with Crippen molar-refractivity contribution in [2.75, 3.05) is 0 Å². The van der Waals surface area contributed by atoms with E-state index in [1.807, 2.05) is 19.1 Å². The van der Waals surface area contributed by atoms with Crippen LogP contribution in [0, 0.1) is 13.8 Å². The summed E-state index contributed by atoms with van der Waals surface area (Å²) < 4.78 is 10.2. The minimum absolute atomic E-state index is 0.316. The van der Waals surface area contributed by atoms with Gasteiger partial charge in [-0.2, -0.15) is 0 Å². The average Bonchev–Trinajstić information content (AvgIpc) is 2.21. The van der Waals surface area contributed by atoms with E-state index < -0.39 is 11.6 Å². The van der Waals surface area contributed by atoms with Crippen LogP contribution in [0.5, 0.6) is 5.75 Å². The normalized spacial score (nSPS) is 10.5. The van der Waals surface area contributed by atoms with Crippen molar-refractivity contribution < 1.29 is 13.9 Å². The van der Waals surface area contributed by atoms with Crippen LogP contribution in [0.4, 0.5) is 0 Å². The van der Waals surface area contributed by atoms with Gasteiger partial charge >= 0.3 is 11.6 Å². The molecule has 0 saturated heterocycles. The van der Waals surface area contributed by atoms with E-state index in [1.54, 1.807) is 6.92 Å². The van der Waals surface area contributed by atoms with Crippen LogP contribution in [-0.2, 0) is 4.79 Å². The van der Waals surface area contributed by atoms with E-state index in [-0.39, 0.29) is 0 Å². The monoisotopic (exact) mass is 232 g/mol. The van der Waals surface area contributed by atoms with Crippen molar-refractivity contribution in [3.63, 3.8) is 0 Å². The molecule has 0 bridgehead atoms. The van der Waals surface area contributed by atoms with Crippen molar-refractivity contribution in [1.29, 1.82) is 0 Å². The Morgan fingerprint density at radius 1 is 1.24 bits per heavy atom. The molecule has 0 unspecified atom stereocenters. The second-order valence-electron chi connectivity index (χ2n) is 3.93. The quantitative estimate of drug-likeness (QED) is 0.430. The summed E-state index contributed by atoms with van der Waals surface area (Å²) in [6.07, 6.45) is 0. The first-order chi connectivity index (χ1) is 7.99. The lowest BCUT2D eigenvalue weighted by Gasteiger charge is -2.08. The molecule has 0 saturated carbocycles. The Morgan fingerprint density at radius 2 is 1.94 bits per heavy atom. The largest absolute Gasteiger partial charge is 0.422 e. The lowest BCUT2D eigenvalue weighted by Crippen LogP contribution is -2.05. The molecule has 0 fully saturated rings. The molecule has 88 valence electrons. The Labute approximate surface area is 97.8 Å². The Bertz CT molecular complexity index is 652. The molecule has 4 nitrogen and oxygen atoms in total. The van der Waals surface area contributed by atoms with E-state index in [4.69, 9.17) is 9.15 Å². The van der Waals surface area contributed by atoms with Crippen LogP contribution < -0.4 is 10.4 Å². The molecule has 1 aromatic heterocycles. The van der Waals surface area contributed by atoms with Crippen molar-refractivity contribution in [2.24, 2.45) is 0 Å². The van der Waals surface area contributed by atoms with Crippen LogP contribution in [-0.4, -0.2) is 5.97 Å². The molecular weight excluding hydrogens is 220 g/mol. The molecule has 0 aliphatic heterocycles. The first kappa shape index (κ1) is 11.4. The van der Waals surface area contributed by atoms with Gasteiger partial charge in [0.1, 0.15) is 0 Å². The van der Waals surface area contributed by atoms with Gasteiger partial charge < -0.3 is 9.15 Å². The molecule has 17 heavy (non-hydrogen) atoms. The Hall–Kier alpha value is -2.10. The second-order valence-corrected chi connectivity index (χ2v) is 3.93. The lowest BCUT2D eigenvalue weighted by atomic mass is 10.1. The van der Waals surface area contributed by atoms with Gasteiger partial charge in [-0.05, 0) is 25.0 Å². The van der Waals surface area contributed by atoms with E-state index in [2.05, 4.69) is 0 Å². The standard InChI is InChI=1S/C13H12O4/c1-7-4-5-10-8(2)6-11(15)17-13(10)12(7)16-9(3)14/h4-6H,1-3H3. The Morgan fingerprint density at radius 3 is 2.59 bits per heavy atom. The van der Waals surface area contributed by atoms with Gasteiger partial charge in [-0.3, -0.25) is 4.79 Å². The number of carbonyl (C=O) groups is 1. The predicted octanol–water partition coefficient (Wildman–Crippen LogP) is 2.34. The molecule has 0 atom stereocenters. The summed E-state index contributed by atoms with van der Waals surface area (Å²) in [5, 5.41) is 0.770. The number of aryl methyl sites for hydroxylation is 2. The maximum atomic E-state index is 11.3. The average molecular weight is 232 g/mol. The topological polar surface area (TPSA) is 56.5 Å². The molecule has 1 heterocycles. The molecule has 2 aromatic rings. The predicted molar refractivity (Wildman–Crippen MR) is 63.3 cm³/mol. The van der Waals surface area contributed by atoms with Gasteiger partial charge in [0, 0.05) is 18.4 Å². The fourth-order valence-corrected chi connectivity index (χ4v) is 1.73. The summed E-state index contributed by atoms with van der Waals surface area (Å²) in [7, 11) is 0. The molecule has 0 radical (unpaired) electrons. The van der Waals surface area contributed by atoms with Gasteiger partial charge in [0.15, 0.2) is 11.3 Å². The zero-order valence-electron chi connectivity index (χ0n) is 9.87. The van der Waals surface area contributed by atoms with Gasteiger partial charge in [-0.1, -0.05) is 12.1 Å². The molecule has 4 heteroatoms. The number of benzene rings is 1. The fraction of sp³-hybridized carbons (Fsp3) is 0.231. The number of hydrogen-bond donors (Lipinski definition) is 0. The smallest absolute Gasteiger partial charge is 0.336 e. The third kappa shape index (κ3) is 2.06. The van der Waals surface area contributed by atoms with E-state index in [1.165, 1.54) is 13.0 Å². The van der Waals surface area contributed by atoms with E-state index in [9.17, 15) is 9.59 Å². The Kier molecular flexibility index (Phi) is 2.71. The van der Waals surface area contributed by atoms with Crippen LogP contribution in [0.2, 0.25) is 0 Å². The number of esters is 1.